The van der Waals surface area contributed by atoms with Crippen molar-refractivity contribution in [3.8, 4) is 5.75 Å². The highest BCUT2D eigenvalue weighted by molar-refractivity contribution is 5.97. The van der Waals surface area contributed by atoms with Gasteiger partial charge in [-0.25, -0.2) is 4.98 Å². The van der Waals surface area contributed by atoms with E-state index in [0.29, 0.717) is 23.9 Å². The second-order valence-corrected chi connectivity index (χ2v) is 8.58. The van der Waals surface area contributed by atoms with Crippen molar-refractivity contribution in [3.63, 3.8) is 0 Å². The van der Waals surface area contributed by atoms with E-state index in [9.17, 15) is 27.9 Å². The predicted octanol–water partition coefficient (Wildman–Crippen LogP) is 3.70. The van der Waals surface area contributed by atoms with Crippen molar-refractivity contribution in [1.29, 1.82) is 0 Å². The van der Waals surface area contributed by atoms with Gasteiger partial charge >= 0.3 is 6.18 Å². The normalized spacial score (nSPS) is 15.1. The maximum absolute atomic E-state index is 12.9. The molecule has 0 aliphatic carbocycles. The van der Waals surface area contributed by atoms with Crippen LogP contribution in [0.25, 0.3) is 10.9 Å². The molecular weight excluding hydrogens is 463 g/mol. The van der Waals surface area contributed by atoms with Crippen LogP contribution in [0.1, 0.15) is 47.4 Å². The number of halogens is 3. The number of aliphatic hydroxyl groups is 1. The third-order valence-electron chi connectivity index (χ3n) is 5.93. The molecule has 2 N–H and O–H groups in total. The molecule has 4 rings (SSSR count). The lowest BCUT2D eigenvalue weighted by atomic mass is 10.1. The SMILES string of the molecule is O=C(NCC(O)COc1cccc(C(F)(F)F)c1)c1ccc2c(=O)n3c(nc2c1)CCCCCC3. The number of aryl methyl sites for hydroxylation is 1. The van der Waals surface area contributed by atoms with Crippen LogP contribution in [0.2, 0.25) is 0 Å². The highest BCUT2D eigenvalue weighted by Gasteiger charge is 2.30. The van der Waals surface area contributed by atoms with Crippen LogP contribution in [0.15, 0.2) is 47.3 Å². The van der Waals surface area contributed by atoms with E-state index in [1.165, 1.54) is 18.2 Å². The van der Waals surface area contributed by atoms with Crippen LogP contribution in [0, 0.1) is 0 Å². The molecule has 35 heavy (non-hydrogen) atoms. The van der Waals surface area contributed by atoms with Crippen LogP contribution in [-0.4, -0.2) is 39.8 Å². The van der Waals surface area contributed by atoms with Crippen LogP contribution in [0.3, 0.4) is 0 Å². The van der Waals surface area contributed by atoms with Crippen molar-refractivity contribution in [2.75, 3.05) is 13.2 Å². The average Bonchev–Trinajstić information content (AvgIpc) is 2.82. The first-order chi connectivity index (χ1) is 16.7. The van der Waals surface area contributed by atoms with Crippen molar-refractivity contribution in [2.45, 2.75) is 50.9 Å². The van der Waals surface area contributed by atoms with Crippen molar-refractivity contribution in [2.24, 2.45) is 0 Å². The summed E-state index contributed by atoms with van der Waals surface area (Å²) in [7, 11) is 0. The number of aromatic nitrogens is 2. The van der Waals surface area contributed by atoms with Gasteiger partial charge in [0.15, 0.2) is 0 Å². The third kappa shape index (κ3) is 6.00. The Hall–Kier alpha value is -3.40. The number of carbonyl (C=O) groups excluding carboxylic acids is 1. The van der Waals surface area contributed by atoms with Crippen LogP contribution in [0.5, 0.6) is 5.75 Å². The van der Waals surface area contributed by atoms with E-state index >= 15 is 0 Å². The summed E-state index contributed by atoms with van der Waals surface area (Å²) in [5.74, 6) is 0.215. The number of carbonyl (C=O) groups is 1. The summed E-state index contributed by atoms with van der Waals surface area (Å²) in [4.78, 5) is 30.1. The molecule has 0 spiro atoms. The largest absolute Gasteiger partial charge is 0.491 e. The Labute approximate surface area is 199 Å². The zero-order chi connectivity index (χ0) is 25.0. The first-order valence-electron chi connectivity index (χ1n) is 11.5. The predicted molar refractivity (Wildman–Crippen MR) is 123 cm³/mol. The fourth-order valence-corrected chi connectivity index (χ4v) is 4.06. The molecule has 2 heterocycles. The van der Waals surface area contributed by atoms with E-state index in [2.05, 4.69) is 10.3 Å². The molecule has 0 radical (unpaired) electrons. The molecule has 1 aromatic heterocycles. The summed E-state index contributed by atoms with van der Waals surface area (Å²) in [5.41, 5.74) is -0.232. The zero-order valence-electron chi connectivity index (χ0n) is 19.0. The maximum atomic E-state index is 12.9. The van der Waals surface area contributed by atoms with E-state index < -0.39 is 23.8 Å². The number of nitrogens with one attached hydrogen (secondary N) is 1. The van der Waals surface area contributed by atoms with Gasteiger partial charge in [0, 0.05) is 25.1 Å². The summed E-state index contributed by atoms with van der Waals surface area (Å²) in [6, 6.07) is 9.01. The third-order valence-corrected chi connectivity index (χ3v) is 5.93. The lowest BCUT2D eigenvalue weighted by Gasteiger charge is -2.16. The van der Waals surface area contributed by atoms with E-state index in [4.69, 9.17) is 4.74 Å². The van der Waals surface area contributed by atoms with Crippen LogP contribution < -0.4 is 15.6 Å². The highest BCUT2D eigenvalue weighted by Crippen LogP contribution is 2.31. The number of nitrogens with zero attached hydrogens (tertiary/aromatic N) is 2. The van der Waals surface area contributed by atoms with Gasteiger partial charge in [-0.2, -0.15) is 13.2 Å². The Morgan fingerprint density at radius 1 is 1.14 bits per heavy atom. The molecule has 2 aromatic carbocycles. The second kappa shape index (κ2) is 10.5. The van der Waals surface area contributed by atoms with E-state index in [1.54, 1.807) is 16.7 Å². The first kappa shape index (κ1) is 24.7. The molecule has 7 nitrogen and oxygen atoms in total. The molecule has 3 aromatic rings. The van der Waals surface area contributed by atoms with Gasteiger partial charge in [0.1, 0.15) is 24.3 Å². The number of alkyl halides is 3. The van der Waals surface area contributed by atoms with Crippen molar-refractivity contribution >= 4 is 16.8 Å². The fraction of sp³-hybridized carbons (Fsp3) is 0.400. The van der Waals surface area contributed by atoms with E-state index in [0.717, 1.165) is 43.6 Å². The second-order valence-electron chi connectivity index (χ2n) is 8.58. The number of hydrogen-bond acceptors (Lipinski definition) is 5. The van der Waals surface area contributed by atoms with Gasteiger partial charge in [0.2, 0.25) is 0 Å². The number of amides is 1. The zero-order valence-corrected chi connectivity index (χ0v) is 19.0. The van der Waals surface area contributed by atoms with Crippen molar-refractivity contribution in [3.05, 3.63) is 69.8 Å². The van der Waals surface area contributed by atoms with Gasteiger partial charge in [0.25, 0.3) is 11.5 Å². The Kier molecular flexibility index (Phi) is 7.39. The van der Waals surface area contributed by atoms with Crippen LogP contribution >= 0.6 is 0 Å². The Bertz CT molecular complexity index is 1270. The minimum absolute atomic E-state index is 0.0353. The number of fused-ring (bicyclic) bond motifs is 2. The topological polar surface area (TPSA) is 93.5 Å². The number of aliphatic hydroxyl groups excluding tert-OH is 1. The fourth-order valence-electron chi connectivity index (χ4n) is 4.06. The molecule has 0 saturated carbocycles. The molecule has 0 saturated heterocycles. The van der Waals surface area contributed by atoms with Gasteiger partial charge in [-0.1, -0.05) is 18.9 Å². The number of hydrogen-bond donors (Lipinski definition) is 2. The average molecular weight is 489 g/mol. The Balaban J connectivity index is 1.38. The number of ether oxygens (including phenoxy) is 1. The molecule has 1 unspecified atom stereocenters. The van der Waals surface area contributed by atoms with Gasteiger partial charge in [-0.05, 0) is 49.2 Å². The lowest BCUT2D eigenvalue weighted by molar-refractivity contribution is -0.137. The standard InChI is InChI=1S/C25H26F3N3O4/c26-25(27,28)17-6-5-7-19(13-17)35-15-18(32)14-29-23(33)16-9-10-20-21(12-16)30-22-8-3-1-2-4-11-31(22)24(20)34/h5-7,9-10,12-13,18,32H,1-4,8,11,14-15H2,(H,29,33). The lowest BCUT2D eigenvalue weighted by Crippen LogP contribution is -2.35. The van der Waals surface area contributed by atoms with Gasteiger partial charge < -0.3 is 15.2 Å². The molecule has 1 amide bonds. The first-order valence-corrected chi connectivity index (χ1v) is 11.5. The van der Waals surface area contributed by atoms with Crippen LogP contribution in [0.4, 0.5) is 13.2 Å². The summed E-state index contributed by atoms with van der Waals surface area (Å²) < 4.78 is 45.4. The van der Waals surface area contributed by atoms with Gasteiger partial charge in [-0.15, -0.1) is 0 Å². The molecule has 10 heteroatoms. The maximum Gasteiger partial charge on any atom is 0.416 e. The summed E-state index contributed by atoms with van der Waals surface area (Å²) >= 11 is 0. The summed E-state index contributed by atoms with van der Waals surface area (Å²) in [5, 5.41) is 13.1. The highest BCUT2D eigenvalue weighted by atomic mass is 19.4. The summed E-state index contributed by atoms with van der Waals surface area (Å²) in [6.45, 7) is 0.166. The molecule has 186 valence electrons. The minimum Gasteiger partial charge on any atom is -0.491 e. The molecule has 0 bridgehead atoms. The Morgan fingerprint density at radius 3 is 2.74 bits per heavy atom. The Morgan fingerprint density at radius 2 is 1.94 bits per heavy atom. The van der Waals surface area contributed by atoms with Crippen molar-refractivity contribution in [1.82, 2.24) is 14.9 Å². The monoisotopic (exact) mass is 489 g/mol. The minimum atomic E-state index is -4.50. The smallest absolute Gasteiger partial charge is 0.416 e. The van der Waals surface area contributed by atoms with Crippen molar-refractivity contribution < 1.29 is 27.8 Å². The van der Waals surface area contributed by atoms with Gasteiger partial charge in [0.05, 0.1) is 16.5 Å². The molecule has 1 aliphatic heterocycles. The number of rotatable bonds is 6. The summed E-state index contributed by atoms with van der Waals surface area (Å²) in [6.07, 6.45) is -0.866. The molecule has 1 aliphatic rings. The quantitative estimate of drug-likeness (QED) is 0.551. The molecule has 1 atom stereocenters. The van der Waals surface area contributed by atoms with E-state index in [1.807, 2.05) is 0 Å². The van der Waals surface area contributed by atoms with Gasteiger partial charge in [-0.3, -0.25) is 14.2 Å². The number of benzene rings is 2. The van der Waals surface area contributed by atoms with E-state index in [-0.39, 0.29) is 30.0 Å². The van der Waals surface area contributed by atoms with Crippen LogP contribution in [-0.2, 0) is 19.1 Å². The molecule has 0 fully saturated rings. The molecular formula is C25H26F3N3O4.